The van der Waals surface area contributed by atoms with Gasteiger partial charge in [-0.25, -0.2) is 0 Å². The van der Waals surface area contributed by atoms with E-state index in [9.17, 15) is 9.90 Å². The van der Waals surface area contributed by atoms with E-state index in [1.54, 1.807) is 25.1 Å². The molecule has 1 aromatic heterocycles. The number of hydrogen-bond acceptors (Lipinski definition) is 4. The predicted octanol–water partition coefficient (Wildman–Crippen LogP) is 3.08. The number of nitrogens with one attached hydrogen (secondary N) is 1. The Morgan fingerprint density at radius 3 is 2.76 bits per heavy atom. The van der Waals surface area contributed by atoms with Crippen LogP contribution in [0.1, 0.15) is 12.5 Å². The number of hydrogen-bond donors (Lipinski definition) is 2. The van der Waals surface area contributed by atoms with Gasteiger partial charge in [0.25, 0.3) is 0 Å². The first-order valence-corrected chi connectivity index (χ1v) is 8.37. The lowest BCUT2D eigenvalue weighted by atomic mass is 10.2. The van der Waals surface area contributed by atoms with E-state index in [1.165, 1.54) is 4.73 Å². The molecule has 0 radical (unpaired) electrons. The minimum Gasteiger partial charge on any atom is -0.407 e. The third kappa shape index (κ3) is 4.13. The molecule has 0 bridgehead atoms. The Labute approximate surface area is 150 Å². The van der Waals surface area contributed by atoms with Gasteiger partial charge in [-0.2, -0.15) is 0 Å². The van der Waals surface area contributed by atoms with Crippen molar-refractivity contribution in [3.8, 4) is 0 Å². The van der Waals surface area contributed by atoms with E-state index >= 15 is 0 Å². The topological polar surface area (TPSA) is 63.5 Å². The van der Waals surface area contributed by atoms with Gasteiger partial charge in [0.2, 0.25) is 0 Å². The summed E-state index contributed by atoms with van der Waals surface area (Å²) in [5, 5.41) is 14.1. The number of para-hydroxylation sites is 1. The van der Waals surface area contributed by atoms with E-state index in [0.717, 1.165) is 10.9 Å². The summed E-state index contributed by atoms with van der Waals surface area (Å²) in [7, 11) is 0. The number of rotatable bonds is 6. The second kappa shape index (κ2) is 7.59. The molecule has 3 rings (SSSR count). The van der Waals surface area contributed by atoms with Crippen molar-refractivity contribution in [1.29, 1.82) is 0 Å². The van der Waals surface area contributed by atoms with E-state index in [0.29, 0.717) is 22.8 Å². The fourth-order valence-corrected chi connectivity index (χ4v) is 2.72. The molecule has 1 heterocycles. The molecule has 1 atom stereocenters. The van der Waals surface area contributed by atoms with Crippen LogP contribution in [0.25, 0.3) is 10.9 Å². The summed E-state index contributed by atoms with van der Waals surface area (Å²) >= 11 is 5.99. The van der Waals surface area contributed by atoms with Crippen molar-refractivity contribution in [1.82, 2.24) is 4.73 Å². The predicted molar refractivity (Wildman–Crippen MR) is 100 cm³/mol. The fraction of sp³-hybridized carbons (Fsp3) is 0.211. The summed E-state index contributed by atoms with van der Waals surface area (Å²) in [5.74, 6) is 0. The molecule has 6 heteroatoms. The van der Waals surface area contributed by atoms with E-state index < -0.39 is 6.10 Å². The summed E-state index contributed by atoms with van der Waals surface area (Å²) in [4.78, 5) is 18.3. The fourth-order valence-electron chi connectivity index (χ4n) is 2.51. The first kappa shape index (κ1) is 17.3. The molecular formula is C19H19ClN2O3. The SMILES string of the molecule is CC(O)COn1c(=O)c(NCc2cccc(Cl)c2)cc2ccccc21. The van der Waals surface area contributed by atoms with Crippen LogP contribution in [0.15, 0.2) is 59.4 Å². The molecule has 0 saturated heterocycles. The molecule has 2 N–H and O–H groups in total. The zero-order valence-corrected chi connectivity index (χ0v) is 14.5. The van der Waals surface area contributed by atoms with Crippen molar-refractivity contribution in [2.45, 2.75) is 19.6 Å². The standard InChI is InChI=1S/C19H19ClN2O3/c1-13(23)12-25-22-18-8-3-2-6-15(18)10-17(19(22)24)21-11-14-5-4-7-16(20)9-14/h2-10,13,21,23H,11-12H2,1H3. The maximum Gasteiger partial charge on any atom is 0.306 e. The summed E-state index contributed by atoms with van der Waals surface area (Å²) in [5.41, 5.74) is 1.74. The molecule has 5 nitrogen and oxygen atoms in total. The second-order valence-electron chi connectivity index (χ2n) is 5.84. The molecule has 25 heavy (non-hydrogen) atoms. The zero-order valence-electron chi connectivity index (χ0n) is 13.8. The number of aliphatic hydroxyl groups excluding tert-OH is 1. The molecule has 130 valence electrons. The van der Waals surface area contributed by atoms with Crippen LogP contribution in [0.4, 0.5) is 5.69 Å². The van der Waals surface area contributed by atoms with Crippen molar-refractivity contribution in [2.75, 3.05) is 11.9 Å². The smallest absolute Gasteiger partial charge is 0.306 e. The number of anilines is 1. The highest BCUT2D eigenvalue weighted by atomic mass is 35.5. The number of benzene rings is 2. The highest BCUT2D eigenvalue weighted by Gasteiger charge is 2.11. The highest BCUT2D eigenvalue weighted by Crippen LogP contribution is 2.17. The Kier molecular flexibility index (Phi) is 5.26. The van der Waals surface area contributed by atoms with Crippen molar-refractivity contribution >= 4 is 28.2 Å². The molecule has 0 fully saturated rings. The van der Waals surface area contributed by atoms with Crippen molar-refractivity contribution in [3.63, 3.8) is 0 Å². The van der Waals surface area contributed by atoms with Crippen LogP contribution in [-0.4, -0.2) is 22.5 Å². The van der Waals surface area contributed by atoms with Gasteiger partial charge < -0.3 is 15.3 Å². The first-order valence-electron chi connectivity index (χ1n) is 7.99. The van der Waals surface area contributed by atoms with Gasteiger partial charge >= 0.3 is 5.56 Å². The zero-order chi connectivity index (χ0) is 17.8. The van der Waals surface area contributed by atoms with E-state index in [2.05, 4.69) is 5.32 Å². The number of nitrogens with zero attached hydrogens (tertiary/aromatic N) is 1. The minimum absolute atomic E-state index is 0.0294. The number of aliphatic hydroxyl groups is 1. The summed E-state index contributed by atoms with van der Waals surface area (Å²) in [6.07, 6.45) is -0.672. The lowest BCUT2D eigenvalue weighted by molar-refractivity contribution is 0.0365. The van der Waals surface area contributed by atoms with E-state index in [1.807, 2.05) is 36.4 Å². The van der Waals surface area contributed by atoms with Crippen LogP contribution < -0.4 is 15.7 Å². The van der Waals surface area contributed by atoms with Crippen molar-refractivity contribution in [2.24, 2.45) is 0 Å². The van der Waals surface area contributed by atoms with Gasteiger partial charge in [0.15, 0.2) is 0 Å². The number of aromatic nitrogens is 1. The Balaban J connectivity index is 1.94. The molecule has 2 aromatic carbocycles. The molecule has 0 spiro atoms. The Morgan fingerprint density at radius 2 is 2.00 bits per heavy atom. The monoisotopic (exact) mass is 358 g/mol. The van der Waals surface area contributed by atoms with Crippen LogP contribution in [0, 0.1) is 0 Å². The number of pyridine rings is 1. The average molecular weight is 359 g/mol. The van der Waals surface area contributed by atoms with Crippen LogP contribution in [-0.2, 0) is 6.54 Å². The lowest BCUT2D eigenvalue weighted by Gasteiger charge is -2.15. The Hall–Kier alpha value is -2.50. The summed E-state index contributed by atoms with van der Waals surface area (Å²) in [6.45, 7) is 2.10. The first-order chi connectivity index (χ1) is 12.0. The van der Waals surface area contributed by atoms with E-state index in [-0.39, 0.29) is 12.2 Å². The van der Waals surface area contributed by atoms with Gasteiger partial charge in [0.05, 0.1) is 11.6 Å². The Morgan fingerprint density at radius 1 is 1.20 bits per heavy atom. The van der Waals surface area contributed by atoms with Crippen molar-refractivity contribution < 1.29 is 9.94 Å². The molecule has 0 saturated carbocycles. The van der Waals surface area contributed by atoms with Crippen molar-refractivity contribution in [3.05, 3.63) is 75.5 Å². The summed E-state index contributed by atoms with van der Waals surface area (Å²) < 4.78 is 1.22. The lowest BCUT2D eigenvalue weighted by Crippen LogP contribution is -2.32. The maximum atomic E-state index is 12.8. The van der Waals surface area contributed by atoms with Gasteiger partial charge in [-0.3, -0.25) is 4.79 Å². The van der Waals surface area contributed by atoms with Crippen LogP contribution in [0.3, 0.4) is 0 Å². The molecular weight excluding hydrogens is 340 g/mol. The number of fused-ring (bicyclic) bond motifs is 1. The molecule has 0 aliphatic rings. The molecule has 1 unspecified atom stereocenters. The third-order valence-electron chi connectivity index (χ3n) is 3.69. The molecule has 3 aromatic rings. The van der Waals surface area contributed by atoms with Gasteiger partial charge in [0, 0.05) is 17.0 Å². The molecule has 0 aliphatic carbocycles. The molecule has 0 amide bonds. The second-order valence-corrected chi connectivity index (χ2v) is 6.28. The quantitative estimate of drug-likeness (QED) is 0.710. The van der Waals surface area contributed by atoms with Gasteiger partial charge in [-0.1, -0.05) is 41.9 Å². The van der Waals surface area contributed by atoms with Crippen LogP contribution in [0.5, 0.6) is 0 Å². The maximum absolute atomic E-state index is 12.8. The molecule has 0 aliphatic heterocycles. The van der Waals surface area contributed by atoms with Crippen LogP contribution >= 0.6 is 11.6 Å². The normalized spacial score (nSPS) is 12.1. The Bertz CT molecular complexity index is 937. The van der Waals surface area contributed by atoms with Gasteiger partial charge in [-0.15, -0.1) is 4.73 Å². The van der Waals surface area contributed by atoms with Crippen LogP contribution in [0.2, 0.25) is 5.02 Å². The van der Waals surface area contributed by atoms with Gasteiger partial charge in [-0.05, 0) is 36.8 Å². The highest BCUT2D eigenvalue weighted by molar-refractivity contribution is 6.30. The number of halogens is 1. The average Bonchev–Trinajstić information content (AvgIpc) is 2.59. The largest absolute Gasteiger partial charge is 0.407 e. The minimum atomic E-state index is -0.672. The third-order valence-corrected chi connectivity index (χ3v) is 3.92. The summed E-state index contributed by atoms with van der Waals surface area (Å²) in [6, 6.07) is 16.7. The van der Waals surface area contributed by atoms with Gasteiger partial charge in [0.1, 0.15) is 12.3 Å². The van der Waals surface area contributed by atoms with E-state index in [4.69, 9.17) is 16.4 Å².